The van der Waals surface area contributed by atoms with Gasteiger partial charge in [-0.25, -0.2) is 4.39 Å². The standard InChI is InChI=1S/C9H11FN2O2/c10-6-2-1-5(7(11)4-6)3-8(12)9(13)14/h1-2,4,8H,3,11-12H2,(H,13,14)/t8-/m1/s1. The van der Waals surface area contributed by atoms with Crippen LogP contribution in [0.2, 0.25) is 0 Å². The van der Waals surface area contributed by atoms with E-state index < -0.39 is 17.8 Å². The van der Waals surface area contributed by atoms with Crippen molar-refractivity contribution in [2.45, 2.75) is 12.5 Å². The zero-order chi connectivity index (χ0) is 10.7. The Morgan fingerprint density at radius 2 is 2.21 bits per heavy atom. The van der Waals surface area contributed by atoms with Gasteiger partial charge in [0.25, 0.3) is 0 Å². The maximum Gasteiger partial charge on any atom is 0.320 e. The molecule has 1 aromatic rings. The molecule has 0 aliphatic rings. The molecule has 0 amide bonds. The number of carboxylic acid groups (broad SMARTS) is 1. The molecule has 0 saturated heterocycles. The zero-order valence-corrected chi connectivity index (χ0v) is 7.40. The Morgan fingerprint density at radius 1 is 1.57 bits per heavy atom. The monoisotopic (exact) mass is 198 g/mol. The fraction of sp³-hybridized carbons (Fsp3) is 0.222. The molecular weight excluding hydrogens is 187 g/mol. The average Bonchev–Trinajstić information content (AvgIpc) is 2.09. The third kappa shape index (κ3) is 2.43. The van der Waals surface area contributed by atoms with E-state index in [2.05, 4.69) is 0 Å². The molecule has 0 aromatic heterocycles. The van der Waals surface area contributed by atoms with Gasteiger partial charge in [0.05, 0.1) is 0 Å². The van der Waals surface area contributed by atoms with Gasteiger partial charge in [0.2, 0.25) is 0 Å². The largest absolute Gasteiger partial charge is 0.480 e. The Hall–Kier alpha value is -1.62. The number of hydrogen-bond donors (Lipinski definition) is 3. The first-order valence-corrected chi connectivity index (χ1v) is 4.03. The van der Waals surface area contributed by atoms with Crippen molar-refractivity contribution in [1.29, 1.82) is 0 Å². The Balaban J connectivity index is 2.82. The molecule has 0 radical (unpaired) electrons. The second kappa shape index (κ2) is 4.06. The lowest BCUT2D eigenvalue weighted by Gasteiger charge is -2.08. The Labute approximate surface area is 80.3 Å². The predicted molar refractivity (Wildman–Crippen MR) is 50.1 cm³/mol. The minimum absolute atomic E-state index is 0.0987. The molecule has 4 nitrogen and oxygen atoms in total. The van der Waals surface area contributed by atoms with Gasteiger partial charge in [-0.2, -0.15) is 0 Å². The van der Waals surface area contributed by atoms with Crippen LogP contribution in [0.15, 0.2) is 18.2 Å². The molecule has 14 heavy (non-hydrogen) atoms. The smallest absolute Gasteiger partial charge is 0.320 e. The number of anilines is 1. The van der Waals surface area contributed by atoms with Crippen LogP contribution in [0, 0.1) is 5.82 Å². The summed E-state index contributed by atoms with van der Waals surface area (Å²) in [4.78, 5) is 10.4. The maximum absolute atomic E-state index is 12.6. The number of halogens is 1. The van der Waals surface area contributed by atoms with Gasteiger partial charge in [0.1, 0.15) is 11.9 Å². The van der Waals surface area contributed by atoms with Crippen LogP contribution >= 0.6 is 0 Å². The molecular formula is C9H11FN2O2. The molecule has 5 N–H and O–H groups in total. The number of rotatable bonds is 3. The summed E-state index contributed by atoms with van der Waals surface area (Å²) in [5.74, 6) is -1.55. The normalized spacial score (nSPS) is 12.4. The Bertz CT molecular complexity index is 355. The van der Waals surface area contributed by atoms with Gasteiger partial charge in [0, 0.05) is 12.1 Å². The van der Waals surface area contributed by atoms with Crippen LogP contribution in [-0.4, -0.2) is 17.1 Å². The van der Waals surface area contributed by atoms with Crippen LogP contribution in [0.25, 0.3) is 0 Å². The van der Waals surface area contributed by atoms with E-state index in [1.165, 1.54) is 12.1 Å². The number of nitrogens with two attached hydrogens (primary N) is 2. The van der Waals surface area contributed by atoms with Crippen molar-refractivity contribution in [2.24, 2.45) is 5.73 Å². The first kappa shape index (κ1) is 10.5. The number of aliphatic carboxylic acids is 1. The number of nitrogen functional groups attached to an aromatic ring is 1. The van der Waals surface area contributed by atoms with Gasteiger partial charge in [0.15, 0.2) is 0 Å². The summed E-state index contributed by atoms with van der Waals surface area (Å²) in [6, 6.07) is 2.79. The molecule has 5 heteroatoms. The topological polar surface area (TPSA) is 89.3 Å². The van der Waals surface area contributed by atoms with E-state index in [0.717, 1.165) is 6.07 Å². The number of benzene rings is 1. The van der Waals surface area contributed by atoms with E-state index in [0.29, 0.717) is 5.56 Å². The highest BCUT2D eigenvalue weighted by atomic mass is 19.1. The molecule has 0 aliphatic carbocycles. The van der Waals surface area contributed by atoms with E-state index in [1.807, 2.05) is 0 Å². The van der Waals surface area contributed by atoms with Crippen molar-refractivity contribution in [3.05, 3.63) is 29.6 Å². The molecule has 76 valence electrons. The lowest BCUT2D eigenvalue weighted by atomic mass is 10.0. The first-order chi connectivity index (χ1) is 6.50. The van der Waals surface area contributed by atoms with E-state index in [1.54, 1.807) is 0 Å². The maximum atomic E-state index is 12.6. The molecule has 0 heterocycles. The second-order valence-electron chi connectivity index (χ2n) is 2.99. The minimum atomic E-state index is -1.10. The fourth-order valence-corrected chi connectivity index (χ4v) is 1.08. The van der Waals surface area contributed by atoms with Crippen LogP contribution in [0.1, 0.15) is 5.56 Å². The van der Waals surface area contributed by atoms with Crippen molar-refractivity contribution in [2.75, 3.05) is 5.73 Å². The van der Waals surface area contributed by atoms with Crippen LogP contribution in [0.5, 0.6) is 0 Å². The molecule has 1 aromatic carbocycles. The highest BCUT2D eigenvalue weighted by molar-refractivity contribution is 5.74. The minimum Gasteiger partial charge on any atom is -0.480 e. The third-order valence-corrected chi connectivity index (χ3v) is 1.86. The fourth-order valence-electron chi connectivity index (χ4n) is 1.08. The molecule has 0 saturated carbocycles. The van der Waals surface area contributed by atoms with Gasteiger partial charge in [-0.1, -0.05) is 6.07 Å². The Morgan fingerprint density at radius 3 is 2.71 bits per heavy atom. The number of carboxylic acids is 1. The lowest BCUT2D eigenvalue weighted by Crippen LogP contribution is -2.32. The summed E-state index contributed by atoms with van der Waals surface area (Å²) in [7, 11) is 0. The van der Waals surface area contributed by atoms with E-state index in [-0.39, 0.29) is 12.1 Å². The van der Waals surface area contributed by atoms with Crippen LogP contribution in [0.3, 0.4) is 0 Å². The van der Waals surface area contributed by atoms with Crippen LogP contribution in [-0.2, 0) is 11.2 Å². The van der Waals surface area contributed by atoms with Gasteiger partial charge < -0.3 is 16.6 Å². The summed E-state index contributed by atoms with van der Waals surface area (Å²) < 4.78 is 12.6. The first-order valence-electron chi connectivity index (χ1n) is 4.03. The zero-order valence-electron chi connectivity index (χ0n) is 7.40. The van der Waals surface area contributed by atoms with Gasteiger partial charge in [-0.15, -0.1) is 0 Å². The summed E-state index contributed by atoms with van der Waals surface area (Å²) in [5.41, 5.74) is 11.6. The number of hydrogen-bond acceptors (Lipinski definition) is 3. The van der Waals surface area contributed by atoms with Crippen LogP contribution < -0.4 is 11.5 Å². The molecule has 1 atom stereocenters. The van der Waals surface area contributed by atoms with Crippen molar-refractivity contribution in [3.63, 3.8) is 0 Å². The Kier molecular flexibility index (Phi) is 3.03. The SMILES string of the molecule is Nc1cc(F)ccc1C[C@@H](N)C(=O)O. The second-order valence-corrected chi connectivity index (χ2v) is 2.99. The summed E-state index contributed by atoms with van der Waals surface area (Å²) in [6.07, 6.45) is 0.0987. The molecule has 0 unspecified atom stereocenters. The van der Waals surface area contributed by atoms with E-state index in [4.69, 9.17) is 16.6 Å². The molecule has 0 aliphatic heterocycles. The highest BCUT2D eigenvalue weighted by Gasteiger charge is 2.13. The molecule has 0 bridgehead atoms. The van der Waals surface area contributed by atoms with Crippen LogP contribution in [0.4, 0.5) is 10.1 Å². The molecule has 0 spiro atoms. The van der Waals surface area contributed by atoms with E-state index >= 15 is 0 Å². The van der Waals surface area contributed by atoms with Crippen molar-refractivity contribution in [3.8, 4) is 0 Å². The highest BCUT2D eigenvalue weighted by Crippen LogP contribution is 2.14. The van der Waals surface area contributed by atoms with Crippen molar-refractivity contribution >= 4 is 11.7 Å². The van der Waals surface area contributed by atoms with Gasteiger partial charge >= 0.3 is 5.97 Å². The lowest BCUT2D eigenvalue weighted by molar-refractivity contribution is -0.138. The summed E-state index contributed by atoms with van der Waals surface area (Å²) in [5, 5.41) is 8.55. The van der Waals surface area contributed by atoms with Gasteiger partial charge in [-0.05, 0) is 17.7 Å². The third-order valence-electron chi connectivity index (χ3n) is 1.86. The molecule has 0 fully saturated rings. The van der Waals surface area contributed by atoms with Crippen molar-refractivity contribution in [1.82, 2.24) is 0 Å². The van der Waals surface area contributed by atoms with Crippen molar-refractivity contribution < 1.29 is 14.3 Å². The quantitative estimate of drug-likeness (QED) is 0.612. The van der Waals surface area contributed by atoms with E-state index in [9.17, 15) is 9.18 Å². The average molecular weight is 198 g/mol. The number of carbonyl (C=O) groups is 1. The summed E-state index contributed by atoms with van der Waals surface area (Å²) >= 11 is 0. The predicted octanol–water partition coefficient (Wildman–Crippen LogP) is 0.362. The summed E-state index contributed by atoms with van der Waals surface area (Å²) in [6.45, 7) is 0. The van der Waals surface area contributed by atoms with Gasteiger partial charge in [-0.3, -0.25) is 4.79 Å². The molecule has 1 rings (SSSR count).